The second-order valence-corrected chi connectivity index (χ2v) is 4.42. The van der Waals surface area contributed by atoms with Crippen LogP contribution in [0, 0.1) is 0 Å². The Balaban J connectivity index is 1.91. The van der Waals surface area contributed by atoms with E-state index in [0.717, 1.165) is 12.2 Å². The molecule has 5 nitrogen and oxygen atoms in total. The Morgan fingerprint density at radius 1 is 1.26 bits per heavy atom. The fraction of sp³-hybridized carbons (Fsp3) is 0.500. The van der Waals surface area contributed by atoms with Gasteiger partial charge in [-0.2, -0.15) is 0 Å². The van der Waals surface area contributed by atoms with Gasteiger partial charge in [-0.05, 0) is 37.2 Å². The predicted molar refractivity (Wildman–Crippen MR) is 72.3 cm³/mol. The van der Waals surface area contributed by atoms with Crippen molar-refractivity contribution in [2.75, 3.05) is 39.5 Å². The lowest BCUT2D eigenvalue weighted by Gasteiger charge is -2.26. The molecule has 1 amide bonds. The molecule has 0 atom stereocenters. The summed E-state index contributed by atoms with van der Waals surface area (Å²) in [6, 6.07) is 7.25. The van der Waals surface area contributed by atoms with Gasteiger partial charge in [0.05, 0.1) is 19.8 Å². The van der Waals surface area contributed by atoms with E-state index < -0.39 is 0 Å². The van der Waals surface area contributed by atoms with Crippen LogP contribution in [-0.4, -0.2) is 50.3 Å². The molecule has 0 radical (unpaired) electrons. The Kier molecular flexibility index (Phi) is 5.18. The number of ether oxygens (including phenoxy) is 2. The SMILES string of the molecule is NCCCOc1ccc(C(=O)N2CCOCC2)cc1. The highest BCUT2D eigenvalue weighted by atomic mass is 16.5. The normalized spacial score (nSPS) is 15.3. The van der Waals surface area contributed by atoms with Crippen molar-refractivity contribution < 1.29 is 14.3 Å². The van der Waals surface area contributed by atoms with E-state index in [1.165, 1.54) is 0 Å². The molecule has 1 saturated heterocycles. The van der Waals surface area contributed by atoms with Crippen LogP contribution in [0.2, 0.25) is 0 Å². The number of rotatable bonds is 5. The van der Waals surface area contributed by atoms with Gasteiger partial charge in [0.1, 0.15) is 5.75 Å². The molecular weight excluding hydrogens is 244 g/mol. The van der Waals surface area contributed by atoms with E-state index in [9.17, 15) is 4.79 Å². The van der Waals surface area contributed by atoms with Gasteiger partial charge >= 0.3 is 0 Å². The summed E-state index contributed by atoms with van der Waals surface area (Å²) in [7, 11) is 0. The predicted octanol–water partition coefficient (Wildman–Crippen LogP) is 0.887. The first-order chi connectivity index (χ1) is 9.31. The number of nitrogens with zero attached hydrogens (tertiary/aromatic N) is 1. The zero-order chi connectivity index (χ0) is 13.5. The number of carbonyl (C=O) groups is 1. The molecule has 2 rings (SSSR count). The van der Waals surface area contributed by atoms with Crippen LogP contribution in [0.5, 0.6) is 5.75 Å². The van der Waals surface area contributed by atoms with E-state index in [1.807, 2.05) is 17.0 Å². The molecule has 0 spiro atoms. The topological polar surface area (TPSA) is 64.8 Å². The van der Waals surface area contributed by atoms with E-state index in [0.29, 0.717) is 45.0 Å². The Morgan fingerprint density at radius 3 is 2.58 bits per heavy atom. The second-order valence-electron chi connectivity index (χ2n) is 4.42. The molecule has 19 heavy (non-hydrogen) atoms. The summed E-state index contributed by atoms with van der Waals surface area (Å²) in [6.45, 7) is 3.78. The third kappa shape index (κ3) is 3.94. The highest BCUT2D eigenvalue weighted by Gasteiger charge is 2.18. The third-order valence-corrected chi connectivity index (χ3v) is 3.02. The summed E-state index contributed by atoms with van der Waals surface area (Å²) in [5, 5.41) is 0. The van der Waals surface area contributed by atoms with Crippen LogP contribution in [0.3, 0.4) is 0 Å². The molecule has 1 aliphatic heterocycles. The monoisotopic (exact) mass is 264 g/mol. The quantitative estimate of drug-likeness (QED) is 0.802. The van der Waals surface area contributed by atoms with Crippen molar-refractivity contribution in [1.82, 2.24) is 4.90 Å². The van der Waals surface area contributed by atoms with Gasteiger partial charge in [0.25, 0.3) is 5.91 Å². The van der Waals surface area contributed by atoms with Crippen molar-refractivity contribution in [2.24, 2.45) is 5.73 Å². The van der Waals surface area contributed by atoms with E-state index in [-0.39, 0.29) is 5.91 Å². The molecule has 1 aromatic rings. The molecule has 0 aliphatic carbocycles. The van der Waals surface area contributed by atoms with Crippen LogP contribution >= 0.6 is 0 Å². The van der Waals surface area contributed by atoms with Crippen LogP contribution in [0.15, 0.2) is 24.3 Å². The van der Waals surface area contributed by atoms with Crippen molar-refractivity contribution in [2.45, 2.75) is 6.42 Å². The summed E-state index contributed by atoms with van der Waals surface area (Å²) in [4.78, 5) is 14.0. The third-order valence-electron chi connectivity index (χ3n) is 3.02. The molecule has 0 aromatic heterocycles. The fourth-order valence-electron chi connectivity index (χ4n) is 1.92. The minimum absolute atomic E-state index is 0.0526. The van der Waals surface area contributed by atoms with Crippen molar-refractivity contribution in [3.63, 3.8) is 0 Å². The van der Waals surface area contributed by atoms with Crippen LogP contribution in [0.25, 0.3) is 0 Å². The largest absolute Gasteiger partial charge is 0.494 e. The minimum Gasteiger partial charge on any atom is -0.494 e. The van der Waals surface area contributed by atoms with Gasteiger partial charge in [-0.15, -0.1) is 0 Å². The number of amides is 1. The lowest BCUT2D eigenvalue weighted by Crippen LogP contribution is -2.40. The average Bonchev–Trinajstić information content (AvgIpc) is 2.48. The maximum Gasteiger partial charge on any atom is 0.254 e. The minimum atomic E-state index is 0.0526. The van der Waals surface area contributed by atoms with E-state index in [2.05, 4.69) is 0 Å². The molecule has 1 fully saturated rings. The zero-order valence-electron chi connectivity index (χ0n) is 11.0. The summed E-state index contributed by atoms with van der Waals surface area (Å²) in [5.74, 6) is 0.823. The Labute approximate surface area is 113 Å². The van der Waals surface area contributed by atoms with Gasteiger partial charge in [0.2, 0.25) is 0 Å². The van der Waals surface area contributed by atoms with Crippen molar-refractivity contribution in [1.29, 1.82) is 0 Å². The van der Waals surface area contributed by atoms with Gasteiger partial charge in [-0.25, -0.2) is 0 Å². The summed E-state index contributed by atoms with van der Waals surface area (Å²) in [5.41, 5.74) is 6.09. The number of benzene rings is 1. The Morgan fingerprint density at radius 2 is 1.95 bits per heavy atom. The van der Waals surface area contributed by atoms with Gasteiger partial charge < -0.3 is 20.1 Å². The van der Waals surface area contributed by atoms with Gasteiger partial charge in [0, 0.05) is 18.7 Å². The molecule has 104 valence electrons. The maximum atomic E-state index is 12.2. The molecule has 5 heteroatoms. The second kappa shape index (κ2) is 7.11. The zero-order valence-corrected chi connectivity index (χ0v) is 11.0. The first kappa shape index (κ1) is 13.8. The molecule has 1 heterocycles. The van der Waals surface area contributed by atoms with Crippen LogP contribution < -0.4 is 10.5 Å². The molecule has 1 aromatic carbocycles. The molecule has 2 N–H and O–H groups in total. The lowest BCUT2D eigenvalue weighted by atomic mass is 10.2. The Bertz CT molecular complexity index is 400. The highest BCUT2D eigenvalue weighted by Crippen LogP contribution is 2.14. The number of nitrogens with two attached hydrogens (primary N) is 1. The van der Waals surface area contributed by atoms with Crippen molar-refractivity contribution in [3.8, 4) is 5.75 Å². The van der Waals surface area contributed by atoms with Gasteiger partial charge in [0.15, 0.2) is 0 Å². The van der Waals surface area contributed by atoms with Crippen LogP contribution in [0.1, 0.15) is 16.8 Å². The highest BCUT2D eigenvalue weighted by molar-refractivity contribution is 5.94. The van der Waals surface area contributed by atoms with E-state index >= 15 is 0 Å². The average molecular weight is 264 g/mol. The van der Waals surface area contributed by atoms with Gasteiger partial charge in [-0.1, -0.05) is 0 Å². The molecule has 0 saturated carbocycles. The summed E-state index contributed by atoms with van der Waals surface area (Å²) in [6.07, 6.45) is 0.828. The first-order valence-electron chi connectivity index (χ1n) is 6.61. The van der Waals surface area contributed by atoms with Gasteiger partial charge in [-0.3, -0.25) is 4.79 Å². The Hall–Kier alpha value is -1.59. The summed E-state index contributed by atoms with van der Waals surface area (Å²) < 4.78 is 10.7. The number of morpholine rings is 1. The lowest BCUT2D eigenvalue weighted by molar-refractivity contribution is 0.0303. The van der Waals surface area contributed by atoms with Crippen molar-refractivity contribution in [3.05, 3.63) is 29.8 Å². The smallest absolute Gasteiger partial charge is 0.254 e. The summed E-state index contributed by atoms with van der Waals surface area (Å²) >= 11 is 0. The van der Waals surface area contributed by atoms with Crippen molar-refractivity contribution >= 4 is 5.91 Å². The molecule has 0 unspecified atom stereocenters. The first-order valence-corrected chi connectivity index (χ1v) is 6.61. The van der Waals surface area contributed by atoms with E-state index in [4.69, 9.17) is 15.2 Å². The van der Waals surface area contributed by atoms with E-state index in [1.54, 1.807) is 12.1 Å². The molecule has 0 bridgehead atoms. The molecular formula is C14H20N2O3. The van der Waals surface area contributed by atoms with Crippen LogP contribution in [-0.2, 0) is 4.74 Å². The maximum absolute atomic E-state index is 12.2. The number of carbonyl (C=O) groups excluding carboxylic acids is 1. The fourth-order valence-corrected chi connectivity index (χ4v) is 1.92. The van der Waals surface area contributed by atoms with Crippen LogP contribution in [0.4, 0.5) is 0 Å². The number of hydrogen-bond acceptors (Lipinski definition) is 4. The molecule has 1 aliphatic rings. The standard InChI is InChI=1S/C14H20N2O3/c15-6-1-9-19-13-4-2-12(3-5-13)14(17)16-7-10-18-11-8-16/h2-5H,1,6-11,15H2. The number of hydrogen-bond donors (Lipinski definition) is 1.